The standard InChI is InChI=1S/C16H18F13NO4/c1-8(31)33-10(34-9(32)5-4-6-30(2)3)7-11(17,18)12(19,20)13(21,22)14(23,24)15(25,26)16(27,28)29/h10H,4-7H2,1-3H3. The largest absolute Gasteiger partial charge is 0.460 e. The number of carbonyl (C=O) groups excluding carboxylic acids is 2. The molecular formula is C16H18F13NO4. The van der Waals surface area contributed by atoms with E-state index in [-0.39, 0.29) is 13.0 Å². The van der Waals surface area contributed by atoms with E-state index >= 15 is 0 Å². The SMILES string of the molecule is CC(=O)OC(CC(F)(F)C(F)(F)C(F)(F)C(F)(F)C(F)(F)C(F)(F)F)OC(=O)CCCN(C)C. The Labute approximate surface area is 183 Å². The van der Waals surface area contributed by atoms with Gasteiger partial charge in [-0.05, 0) is 27.1 Å². The fraction of sp³-hybridized carbons (Fsp3) is 0.875. The van der Waals surface area contributed by atoms with E-state index in [9.17, 15) is 66.7 Å². The van der Waals surface area contributed by atoms with Crippen LogP contribution in [0, 0.1) is 0 Å². The Hall–Kier alpha value is -2.01. The summed E-state index contributed by atoms with van der Waals surface area (Å²) in [4.78, 5) is 24.0. The van der Waals surface area contributed by atoms with Crippen molar-refractivity contribution in [3.8, 4) is 0 Å². The van der Waals surface area contributed by atoms with Crippen LogP contribution in [0.2, 0.25) is 0 Å². The molecule has 18 heteroatoms. The van der Waals surface area contributed by atoms with Crippen molar-refractivity contribution in [2.24, 2.45) is 0 Å². The predicted octanol–water partition coefficient (Wildman–Crippen LogP) is 4.89. The summed E-state index contributed by atoms with van der Waals surface area (Å²) in [7, 11) is 3.07. The number of alkyl halides is 13. The Morgan fingerprint density at radius 2 is 1.18 bits per heavy atom. The molecule has 0 aliphatic rings. The Balaban J connectivity index is 5.99. The number of hydrogen-bond acceptors (Lipinski definition) is 5. The Morgan fingerprint density at radius 1 is 0.735 bits per heavy atom. The highest BCUT2D eigenvalue weighted by Gasteiger charge is 2.90. The number of nitrogens with zero attached hydrogens (tertiary/aromatic N) is 1. The highest BCUT2D eigenvalue weighted by molar-refractivity contribution is 5.70. The normalized spacial score (nSPS) is 15.3. The third-order valence-corrected chi connectivity index (χ3v) is 3.97. The molecular weight excluding hydrogens is 517 g/mol. The summed E-state index contributed by atoms with van der Waals surface area (Å²) in [6.07, 6.45) is -14.3. The molecule has 0 N–H and O–H groups in total. The van der Waals surface area contributed by atoms with Crippen molar-refractivity contribution >= 4 is 11.9 Å². The third-order valence-electron chi connectivity index (χ3n) is 3.97. The van der Waals surface area contributed by atoms with Crippen LogP contribution in [0.3, 0.4) is 0 Å². The maximum atomic E-state index is 13.9. The molecule has 5 nitrogen and oxygen atoms in total. The van der Waals surface area contributed by atoms with Gasteiger partial charge in [-0.3, -0.25) is 9.59 Å². The molecule has 0 bridgehead atoms. The molecule has 0 saturated carbocycles. The quantitative estimate of drug-likeness (QED) is 0.203. The van der Waals surface area contributed by atoms with Gasteiger partial charge in [-0.25, -0.2) is 0 Å². The lowest BCUT2D eigenvalue weighted by Crippen LogP contribution is -2.70. The highest BCUT2D eigenvalue weighted by atomic mass is 19.4. The molecule has 0 saturated heterocycles. The average Bonchev–Trinajstić information content (AvgIpc) is 2.58. The monoisotopic (exact) mass is 535 g/mol. The van der Waals surface area contributed by atoms with Crippen molar-refractivity contribution in [3.63, 3.8) is 0 Å². The van der Waals surface area contributed by atoms with Crippen LogP contribution in [0.5, 0.6) is 0 Å². The minimum atomic E-state index is -8.06. The summed E-state index contributed by atoms with van der Waals surface area (Å²) >= 11 is 0. The van der Waals surface area contributed by atoms with Crippen LogP contribution in [0.25, 0.3) is 0 Å². The third kappa shape index (κ3) is 6.56. The van der Waals surface area contributed by atoms with E-state index in [2.05, 4.69) is 9.47 Å². The molecule has 202 valence electrons. The number of rotatable bonds is 12. The van der Waals surface area contributed by atoms with E-state index in [0.29, 0.717) is 6.92 Å². The first-order valence-corrected chi connectivity index (χ1v) is 8.82. The minimum absolute atomic E-state index is 0.0397. The van der Waals surface area contributed by atoms with Gasteiger partial charge < -0.3 is 14.4 Å². The van der Waals surface area contributed by atoms with Crippen molar-refractivity contribution in [2.45, 2.75) is 68.3 Å². The van der Waals surface area contributed by atoms with E-state index in [1.54, 1.807) is 0 Å². The molecule has 0 aliphatic carbocycles. The zero-order chi connectivity index (χ0) is 27.6. The maximum Gasteiger partial charge on any atom is 0.460 e. The van der Waals surface area contributed by atoms with Crippen molar-refractivity contribution < 1.29 is 76.1 Å². The number of hydrogen-bond donors (Lipinski definition) is 0. The first kappa shape index (κ1) is 32.0. The van der Waals surface area contributed by atoms with Gasteiger partial charge in [0.25, 0.3) is 6.29 Å². The molecule has 0 radical (unpaired) electrons. The van der Waals surface area contributed by atoms with Crippen molar-refractivity contribution in [1.29, 1.82) is 0 Å². The zero-order valence-electron chi connectivity index (χ0n) is 17.4. The average molecular weight is 535 g/mol. The molecule has 1 unspecified atom stereocenters. The number of esters is 2. The fourth-order valence-electron chi connectivity index (χ4n) is 2.18. The molecule has 1 atom stereocenters. The van der Waals surface area contributed by atoms with Crippen molar-refractivity contribution in [1.82, 2.24) is 4.90 Å². The molecule has 34 heavy (non-hydrogen) atoms. The molecule has 0 aromatic carbocycles. The van der Waals surface area contributed by atoms with Crippen molar-refractivity contribution in [3.05, 3.63) is 0 Å². The molecule has 0 rings (SSSR count). The van der Waals surface area contributed by atoms with Crippen LogP contribution in [0.15, 0.2) is 0 Å². The zero-order valence-corrected chi connectivity index (χ0v) is 17.4. The summed E-state index contributed by atoms with van der Waals surface area (Å²) in [5.74, 6) is -41.2. The molecule has 0 heterocycles. The molecule has 0 amide bonds. The highest BCUT2D eigenvalue weighted by Crippen LogP contribution is 2.60. The van der Waals surface area contributed by atoms with Gasteiger partial charge in [0.1, 0.15) is 0 Å². The van der Waals surface area contributed by atoms with Gasteiger partial charge >= 0.3 is 47.7 Å². The predicted molar refractivity (Wildman–Crippen MR) is 84.8 cm³/mol. The lowest BCUT2D eigenvalue weighted by molar-refractivity contribution is -0.441. The molecule has 0 spiro atoms. The number of halogens is 13. The lowest BCUT2D eigenvalue weighted by atomic mass is 9.92. The van der Waals surface area contributed by atoms with Crippen LogP contribution in [0.4, 0.5) is 57.1 Å². The minimum Gasteiger partial charge on any atom is -0.425 e. The maximum absolute atomic E-state index is 13.9. The van der Waals surface area contributed by atoms with Gasteiger partial charge in [0.15, 0.2) is 0 Å². The fourth-order valence-corrected chi connectivity index (χ4v) is 2.18. The molecule has 0 aromatic rings. The molecule has 0 fully saturated rings. The van der Waals surface area contributed by atoms with Crippen LogP contribution in [-0.4, -0.2) is 79.6 Å². The Morgan fingerprint density at radius 3 is 1.56 bits per heavy atom. The van der Waals surface area contributed by atoms with Gasteiger partial charge in [-0.2, -0.15) is 57.1 Å². The van der Waals surface area contributed by atoms with E-state index in [1.807, 2.05) is 0 Å². The number of ether oxygens (including phenoxy) is 2. The van der Waals surface area contributed by atoms with Gasteiger partial charge in [0.05, 0.1) is 6.42 Å². The summed E-state index contributed by atoms with van der Waals surface area (Å²) in [5.41, 5.74) is 0. The van der Waals surface area contributed by atoms with Crippen LogP contribution in [0.1, 0.15) is 26.2 Å². The summed E-state index contributed by atoms with van der Waals surface area (Å²) in [5, 5.41) is 0. The van der Waals surface area contributed by atoms with Gasteiger partial charge in [-0.1, -0.05) is 0 Å². The summed E-state index contributed by atoms with van der Waals surface area (Å²) in [6.45, 7) is 0.631. The van der Waals surface area contributed by atoms with Crippen LogP contribution < -0.4 is 0 Å². The summed E-state index contributed by atoms with van der Waals surface area (Å²) in [6, 6.07) is 0. The topological polar surface area (TPSA) is 55.8 Å². The summed E-state index contributed by atoms with van der Waals surface area (Å²) < 4.78 is 179. The Bertz CT molecular complexity index is 722. The van der Waals surface area contributed by atoms with E-state index in [0.717, 1.165) is 0 Å². The molecule has 0 aromatic heterocycles. The second-order valence-electron chi connectivity index (χ2n) is 7.14. The molecule has 0 aliphatic heterocycles. The van der Waals surface area contributed by atoms with Gasteiger partial charge in [-0.15, -0.1) is 0 Å². The second kappa shape index (κ2) is 10.3. The first-order chi connectivity index (χ1) is 14.8. The first-order valence-electron chi connectivity index (χ1n) is 8.82. The van der Waals surface area contributed by atoms with Crippen LogP contribution >= 0.6 is 0 Å². The van der Waals surface area contributed by atoms with E-state index < -0.39 is 66.9 Å². The smallest absolute Gasteiger partial charge is 0.425 e. The second-order valence-corrected chi connectivity index (χ2v) is 7.14. The van der Waals surface area contributed by atoms with Crippen LogP contribution in [-0.2, 0) is 19.1 Å². The van der Waals surface area contributed by atoms with Gasteiger partial charge in [0, 0.05) is 13.3 Å². The van der Waals surface area contributed by atoms with E-state index in [4.69, 9.17) is 0 Å². The van der Waals surface area contributed by atoms with E-state index in [1.165, 1.54) is 19.0 Å². The van der Waals surface area contributed by atoms with Gasteiger partial charge in [0.2, 0.25) is 0 Å². The Kier molecular flexibility index (Phi) is 9.70. The number of carbonyl (C=O) groups is 2. The lowest BCUT2D eigenvalue weighted by Gasteiger charge is -2.40. The van der Waals surface area contributed by atoms with Crippen molar-refractivity contribution in [2.75, 3.05) is 20.6 Å².